The fraction of sp³-hybridized carbons (Fsp3) is 0.463. The van der Waals surface area contributed by atoms with Crippen LogP contribution in [-0.4, -0.2) is 90.5 Å². The minimum atomic E-state index is -1.21. The van der Waals surface area contributed by atoms with Crippen molar-refractivity contribution >= 4 is 23.2 Å². The molecule has 308 valence electrons. The SMILES string of the molecule is CCOc1nc2cccc(C(=O)OC(C)OC(=O)OCCCCCCCO/N=[N+](\[O-])N3[C@H](C)CCC[C@@H]3C)c2n1Cc1ccc(-c2ccccc2-c2nnn[nH]2)cc1. The quantitative estimate of drug-likeness (QED) is 0.0211. The Morgan fingerprint density at radius 2 is 1.66 bits per heavy atom. The lowest BCUT2D eigenvalue weighted by molar-refractivity contribution is -0.727. The summed E-state index contributed by atoms with van der Waals surface area (Å²) < 4.78 is 23.7. The fourth-order valence-electron chi connectivity index (χ4n) is 7.14. The maximum absolute atomic E-state index is 13.5. The molecule has 1 unspecified atom stereocenters. The molecule has 5 aromatic rings. The summed E-state index contributed by atoms with van der Waals surface area (Å²) in [4.78, 5) is 36.4. The molecule has 0 bridgehead atoms. The lowest BCUT2D eigenvalue weighted by Crippen LogP contribution is -2.47. The number of hydrogen-bond donors (Lipinski definition) is 1. The summed E-state index contributed by atoms with van der Waals surface area (Å²) in [6, 6.07) is 21.7. The number of H-pyrrole nitrogens is 1. The minimum Gasteiger partial charge on any atom is -0.569 e. The minimum absolute atomic E-state index is 0.141. The van der Waals surface area contributed by atoms with Crippen LogP contribution in [0.5, 0.6) is 6.01 Å². The molecule has 58 heavy (non-hydrogen) atoms. The first-order chi connectivity index (χ1) is 28.2. The molecular formula is C41H51N9O8. The van der Waals surface area contributed by atoms with Gasteiger partial charge in [0.05, 0.1) is 53.4 Å². The Kier molecular flexibility index (Phi) is 14.4. The first kappa shape index (κ1) is 41.4. The van der Waals surface area contributed by atoms with Gasteiger partial charge in [-0.15, -0.1) is 10.1 Å². The van der Waals surface area contributed by atoms with E-state index in [1.807, 2.05) is 73.9 Å². The summed E-state index contributed by atoms with van der Waals surface area (Å²) in [6.07, 6.45) is 4.90. The van der Waals surface area contributed by atoms with Crippen molar-refractivity contribution in [3.8, 4) is 28.5 Å². The molecule has 0 spiro atoms. The first-order valence-corrected chi connectivity index (χ1v) is 19.9. The van der Waals surface area contributed by atoms with Gasteiger partial charge in [0.15, 0.2) is 5.82 Å². The van der Waals surface area contributed by atoms with Gasteiger partial charge in [0.1, 0.15) is 6.61 Å². The van der Waals surface area contributed by atoms with Gasteiger partial charge in [-0.2, -0.15) is 4.98 Å². The van der Waals surface area contributed by atoms with E-state index in [0.717, 1.165) is 67.2 Å². The second-order valence-corrected chi connectivity index (χ2v) is 14.2. The van der Waals surface area contributed by atoms with E-state index in [0.29, 0.717) is 54.0 Å². The predicted octanol–water partition coefficient (Wildman–Crippen LogP) is 8.01. The van der Waals surface area contributed by atoms with Gasteiger partial charge in [0, 0.05) is 12.5 Å². The van der Waals surface area contributed by atoms with E-state index >= 15 is 0 Å². The monoisotopic (exact) mass is 797 g/mol. The average Bonchev–Trinajstić information content (AvgIpc) is 3.88. The van der Waals surface area contributed by atoms with E-state index in [4.69, 9.17) is 23.8 Å². The van der Waals surface area contributed by atoms with Crippen molar-refractivity contribution in [2.75, 3.05) is 19.8 Å². The highest BCUT2D eigenvalue weighted by atomic mass is 16.8. The predicted molar refractivity (Wildman–Crippen MR) is 212 cm³/mol. The molecule has 3 atom stereocenters. The number of para-hydroxylation sites is 1. The molecule has 1 fully saturated rings. The maximum Gasteiger partial charge on any atom is 0.511 e. The molecule has 0 aliphatic carbocycles. The Hall–Kier alpha value is -6.26. The van der Waals surface area contributed by atoms with Gasteiger partial charge in [-0.3, -0.25) is 4.57 Å². The van der Waals surface area contributed by atoms with Crippen LogP contribution in [0.2, 0.25) is 0 Å². The standard InChI is InChI=1S/C41H51N9O8/c1-5-54-40-42-36-20-14-19-35(37(36)48(40)27-31-21-23-32(24-22-31)33-17-9-10-18-34(33)38-43-45-46-44-38)39(51)57-30(4)58-41(52)55-25-11-7-6-8-12-26-56-47-50(53)49-28(2)15-13-16-29(49)3/h9-10,14,17-24,28-30H,5-8,11-13,15-16,25-27H2,1-4H3,(H,43,44,45,46)/b50-47-/t28-,29+,30?. The van der Waals surface area contributed by atoms with Crippen LogP contribution in [-0.2, 0) is 25.6 Å². The number of hydrazine groups is 1. The molecule has 1 N–H and O–H groups in total. The van der Waals surface area contributed by atoms with Crippen molar-refractivity contribution < 1.29 is 38.3 Å². The number of nitrogens with zero attached hydrogens (tertiary/aromatic N) is 8. The van der Waals surface area contributed by atoms with E-state index in [1.54, 1.807) is 23.2 Å². The molecule has 0 amide bonds. The Labute approximate surface area is 336 Å². The largest absolute Gasteiger partial charge is 0.569 e. The zero-order chi connectivity index (χ0) is 40.9. The Bertz CT molecular complexity index is 2110. The third kappa shape index (κ3) is 10.6. The second-order valence-electron chi connectivity index (χ2n) is 14.2. The number of fused-ring (bicyclic) bond motifs is 1. The molecule has 17 nitrogen and oxygen atoms in total. The Morgan fingerprint density at radius 1 is 0.931 bits per heavy atom. The van der Waals surface area contributed by atoms with E-state index < -0.39 is 18.4 Å². The van der Waals surface area contributed by atoms with Gasteiger partial charge in [0.2, 0.25) is 11.6 Å². The summed E-state index contributed by atoms with van der Waals surface area (Å²) in [6.45, 7) is 8.61. The summed E-state index contributed by atoms with van der Waals surface area (Å²) >= 11 is 0. The van der Waals surface area contributed by atoms with E-state index in [2.05, 4.69) is 30.9 Å². The molecule has 3 aromatic carbocycles. The Balaban J connectivity index is 0.968. The highest BCUT2D eigenvalue weighted by Gasteiger charge is 2.31. The summed E-state index contributed by atoms with van der Waals surface area (Å²) in [5.41, 5.74) is 5.06. The summed E-state index contributed by atoms with van der Waals surface area (Å²) in [7, 11) is 0. The molecule has 2 aromatic heterocycles. The summed E-state index contributed by atoms with van der Waals surface area (Å²) in [5, 5.41) is 32.1. The molecule has 0 saturated carbocycles. The van der Waals surface area contributed by atoms with E-state index in [9.17, 15) is 14.8 Å². The molecule has 6 rings (SSSR count). The van der Waals surface area contributed by atoms with Gasteiger partial charge in [-0.1, -0.05) is 67.4 Å². The zero-order valence-corrected chi connectivity index (χ0v) is 33.4. The number of piperidine rings is 1. The van der Waals surface area contributed by atoms with Crippen molar-refractivity contribution in [2.45, 2.75) is 104 Å². The number of carbonyl (C=O) groups is 2. The van der Waals surface area contributed by atoms with Gasteiger partial charge in [-0.05, 0) is 98.5 Å². The number of imidazole rings is 1. The number of rotatable bonds is 19. The third-order valence-electron chi connectivity index (χ3n) is 9.97. The van der Waals surface area contributed by atoms with Crippen LogP contribution in [0.15, 0.2) is 72.0 Å². The maximum atomic E-state index is 13.5. The first-order valence-electron chi connectivity index (χ1n) is 19.9. The van der Waals surface area contributed by atoms with E-state index in [-0.39, 0.29) is 24.3 Å². The van der Waals surface area contributed by atoms with Gasteiger partial charge in [-0.25, -0.2) is 14.7 Å². The number of aromatic amines is 1. The number of aromatic nitrogens is 6. The number of unbranched alkanes of at least 4 members (excludes halogenated alkanes) is 4. The van der Waals surface area contributed by atoms with Crippen LogP contribution >= 0.6 is 0 Å². The van der Waals surface area contributed by atoms with E-state index in [1.165, 1.54) is 6.92 Å². The number of hydrogen-bond acceptors (Lipinski definition) is 13. The van der Waals surface area contributed by atoms with Crippen molar-refractivity contribution in [3.05, 3.63) is 83.1 Å². The van der Waals surface area contributed by atoms with Crippen LogP contribution in [0.3, 0.4) is 0 Å². The smallest absolute Gasteiger partial charge is 0.511 e. The molecule has 1 saturated heterocycles. The lowest BCUT2D eigenvalue weighted by Gasteiger charge is -2.33. The molecule has 1 aliphatic heterocycles. The highest BCUT2D eigenvalue weighted by Crippen LogP contribution is 2.31. The zero-order valence-electron chi connectivity index (χ0n) is 33.4. The normalized spacial score (nSPS) is 16.2. The Morgan fingerprint density at radius 3 is 2.38 bits per heavy atom. The van der Waals surface area contributed by atoms with Crippen molar-refractivity contribution in [1.82, 2.24) is 35.2 Å². The molecule has 0 radical (unpaired) electrons. The number of carbonyl (C=O) groups excluding carboxylic acids is 2. The highest BCUT2D eigenvalue weighted by molar-refractivity contribution is 6.02. The van der Waals surface area contributed by atoms with Crippen molar-refractivity contribution in [3.63, 3.8) is 0 Å². The second kappa shape index (κ2) is 20.2. The number of benzene rings is 3. The topological polar surface area (TPSA) is 194 Å². The van der Waals surface area contributed by atoms with Crippen LogP contribution in [0.1, 0.15) is 95.0 Å². The van der Waals surface area contributed by atoms with Gasteiger partial charge >= 0.3 is 12.1 Å². The van der Waals surface area contributed by atoms with Gasteiger partial charge < -0.3 is 29.0 Å². The number of esters is 1. The average molecular weight is 798 g/mol. The number of tetrazole rings is 1. The van der Waals surface area contributed by atoms with Crippen LogP contribution in [0, 0.1) is 5.21 Å². The lowest BCUT2D eigenvalue weighted by atomic mass is 9.98. The molecule has 17 heteroatoms. The molecule has 3 heterocycles. The van der Waals surface area contributed by atoms with Crippen LogP contribution in [0.25, 0.3) is 33.5 Å². The molecular weight excluding hydrogens is 747 g/mol. The molecule has 1 aliphatic rings. The van der Waals surface area contributed by atoms with Crippen molar-refractivity contribution in [2.24, 2.45) is 5.28 Å². The fourth-order valence-corrected chi connectivity index (χ4v) is 7.14. The summed E-state index contributed by atoms with van der Waals surface area (Å²) in [5.74, 6) is -0.123. The third-order valence-corrected chi connectivity index (χ3v) is 9.97. The van der Waals surface area contributed by atoms with Crippen molar-refractivity contribution in [1.29, 1.82) is 0 Å². The van der Waals surface area contributed by atoms with Crippen LogP contribution < -0.4 is 4.74 Å². The number of nitrogens with one attached hydrogen (secondary N) is 1. The van der Waals surface area contributed by atoms with Gasteiger partial charge in [0.25, 0.3) is 6.01 Å². The van der Waals surface area contributed by atoms with Crippen LogP contribution in [0.4, 0.5) is 4.79 Å². The number of ether oxygens (including phenoxy) is 4.